The van der Waals surface area contributed by atoms with Gasteiger partial charge in [0.15, 0.2) is 0 Å². The van der Waals surface area contributed by atoms with E-state index in [9.17, 15) is 4.79 Å². The minimum absolute atomic E-state index is 0.211. The van der Waals surface area contributed by atoms with Crippen LogP contribution in [-0.2, 0) is 6.54 Å². The fourth-order valence-electron chi connectivity index (χ4n) is 1.68. The first-order chi connectivity index (χ1) is 9.24. The molecule has 6 heteroatoms. The zero-order chi connectivity index (χ0) is 13.7. The largest absolute Gasteiger partial charge is 0.335 e. The molecule has 100 valence electrons. The normalized spacial score (nSPS) is 10.4. The van der Waals surface area contributed by atoms with Crippen LogP contribution in [0.2, 0.25) is 0 Å². The number of nitrogens with zero attached hydrogens (tertiary/aromatic N) is 2. The van der Waals surface area contributed by atoms with Crippen LogP contribution in [0.5, 0.6) is 0 Å². The molecule has 1 aromatic heterocycles. The summed E-state index contributed by atoms with van der Waals surface area (Å²) in [5.41, 5.74) is 6.65. The van der Waals surface area contributed by atoms with Crippen molar-refractivity contribution in [2.75, 3.05) is 18.1 Å². The third kappa shape index (κ3) is 3.36. The Morgan fingerprint density at radius 3 is 3.00 bits per heavy atom. The van der Waals surface area contributed by atoms with Gasteiger partial charge >= 0.3 is 0 Å². The maximum atomic E-state index is 12.1. The van der Waals surface area contributed by atoms with Gasteiger partial charge in [0.1, 0.15) is 5.69 Å². The Morgan fingerprint density at radius 1 is 1.47 bits per heavy atom. The van der Waals surface area contributed by atoms with Crippen LogP contribution in [0.4, 0.5) is 5.69 Å². The van der Waals surface area contributed by atoms with E-state index in [1.165, 1.54) is 0 Å². The standard InChI is InChI=1S/C13H16N4OS/c1-19-12-5-3-2-4-10(12)16-13(18)11-8-17(7-6-14)9-15-11/h2-5,8-9H,6-7,14H2,1H3,(H,16,18). The minimum atomic E-state index is -0.211. The molecule has 0 saturated carbocycles. The Bertz CT molecular complexity index is 567. The summed E-state index contributed by atoms with van der Waals surface area (Å²) >= 11 is 1.59. The van der Waals surface area contributed by atoms with Gasteiger partial charge in [0.25, 0.3) is 5.91 Å². The Labute approximate surface area is 116 Å². The molecule has 2 rings (SSSR count). The highest BCUT2D eigenvalue weighted by Gasteiger charge is 2.11. The van der Waals surface area contributed by atoms with Crippen LogP contribution in [0.1, 0.15) is 10.5 Å². The van der Waals surface area contributed by atoms with Crippen LogP contribution in [0, 0.1) is 0 Å². The summed E-state index contributed by atoms with van der Waals surface area (Å²) in [6.45, 7) is 1.18. The van der Waals surface area contributed by atoms with E-state index in [-0.39, 0.29) is 5.91 Å². The van der Waals surface area contributed by atoms with Gasteiger partial charge in [0, 0.05) is 24.2 Å². The van der Waals surface area contributed by atoms with Gasteiger partial charge in [-0.3, -0.25) is 4.79 Å². The molecule has 2 aromatic rings. The van der Waals surface area contributed by atoms with Crippen LogP contribution in [-0.4, -0.2) is 28.3 Å². The lowest BCUT2D eigenvalue weighted by molar-refractivity contribution is 0.102. The first-order valence-electron chi connectivity index (χ1n) is 5.91. The Balaban J connectivity index is 2.11. The zero-order valence-electron chi connectivity index (χ0n) is 10.7. The van der Waals surface area contributed by atoms with E-state index in [2.05, 4.69) is 10.3 Å². The average molecular weight is 276 g/mol. The van der Waals surface area contributed by atoms with E-state index in [1.54, 1.807) is 28.9 Å². The van der Waals surface area contributed by atoms with Crippen molar-refractivity contribution in [3.05, 3.63) is 42.5 Å². The molecule has 0 atom stereocenters. The molecule has 0 radical (unpaired) electrons. The van der Waals surface area contributed by atoms with Crippen LogP contribution in [0.25, 0.3) is 0 Å². The van der Waals surface area contributed by atoms with Crippen LogP contribution in [0.3, 0.4) is 0 Å². The lowest BCUT2D eigenvalue weighted by atomic mass is 10.3. The molecule has 0 aliphatic rings. The van der Waals surface area contributed by atoms with Crippen LogP contribution < -0.4 is 11.1 Å². The number of hydrogen-bond acceptors (Lipinski definition) is 4. The summed E-state index contributed by atoms with van der Waals surface area (Å²) in [6, 6.07) is 7.67. The fourth-order valence-corrected chi connectivity index (χ4v) is 2.24. The van der Waals surface area contributed by atoms with Gasteiger partial charge in [-0.1, -0.05) is 12.1 Å². The van der Waals surface area contributed by atoms with E-state index in [0.29, 0.717) is 18.8 Å². The summed E-state index contributed by atoms with van der Waals surface area (Å²) in [5.74, 6) is -0.211. The molecule has 3 N–H and O–H groups in total. The smallest absolute Gasteiger partial charge is 0.275 e. The molecule has 0 unspecified atom stereocenters. The average Bonchev–Trinajstić information content (AvgIpc) is 2.88. The topological polar surface area (TPSA) is 72.9 Å². The highest BCUT2D eigenvalue weighted by molar-refractivity contribution is 7.98. The molecule has 1 aromatic carbocycles. The van der Waals surface area contributed by atoms with E-state index < -0.39 is 0 Å². The van der Waals surface area contributed by atoms with Crippen molar-refractivity contribution < 1.29 is 4.79 Å². The van der Waals surface area contributed by atoms with Crippen molar-refractivity contribution in [1.82, 2.24) is 9.55 Å². The molecular weight excluding hydrogens is 260 g/mol. The number of carbonyl (C=O) groups excluding carboxylic acids is 1. The molecule has 1 amide bonds. The van der Waals surface area contributed by atoms with Crippen molar-refractivity contribution >= 4 is 23.4 Å². The highest BCUT2D eigenvalue weighted by Crippen LogP contribution is 2.24. The van der Waals surface area contributed by atoms with Crippen molar-refractivity contribution in [2.24, 2.45) is 5.73 Å². The molecule has 0 aliphatic carbocycles. The van der Waals surface area contributed by atoms with E-state index >= 15 is 0 Å². The number of thioether (sulfide) groups is 1. The Morgan fingerprint density at radius 2 is 2.26 bits per heavy atom. The van der Waals surface area contributed by atoms with Gasteiger partial charge in [0.05, 0.1) is 12.0 Å². The van der Waals surface area contributed by atoms with Gasteiger partial charge in [-0.05, 0) is 18.4 Å². The molecule has 0 aliphatic heterocycles. The fraction of sp³-hybridized carbons (Fsp3) is 0.231. The Kier molecular flexibility index (Phi) is 4.59. The van der Waals surface area contributed by atoms with Gasteiger partial charge in [-0.25, -0.2) is 4.98 Å². The molecule has 0 spiro atoms. The number of rotatable bonds is 5. The highest BCUT2D eigenvalue weighted by atomic mass is 32.2. The number of nitrogens with one attached hydrogen (secondary N) is 1. The molecular formula is C13H16N4OS. The number of imidazole rings is 1. The number of para-hydroxylation sites is 1. The summed E-state index contributed by atoms with van der Waals surface area (Å²) in [5, 5.41) is 2.87. The number of nitrogens with two attached hydrogens (primary N) is 1. The SMILES string of the molecule is CSc1ccccc1NC(=O)c1cn(CCN)cn1. The summed E-state index contributed by atoms with van der Waals surface area (Å²) in [4.78, 5) is 17.2. The van der Waals surface area contributed by atoms with E-state index in [4.69, 9.17) is 5.73 Å². The maximum absolute atomic E-state index is 12.1. The third-order valence-corrected chi connectivity index (χ3v) is 3.40. The predicted octanol–water partition coefficient (Wildman–Crippen LogP) is 1.82. The van der Waals surface area contributed by atoms with Crippen molar-refractivity contribution in [3.63, 3.8) is 0 Å². The molecule has 19 heavy (non-hydrogen) atoms. The quantitative estimate of drug-likeness (QED) is 0.817. The molecule has 0 bridgehead atoms. The maximum Gasteiger partial charge on any atom is 0.275 e. The van der Waals surface area contributed by atoms with Gasteiger partial charge < -0.3 is 15.6 Å². The minimum Gasteiger partial charge on any atom is -0.335 e. The lowest BCUT2D eigenvalue weighted by Gasteiger charge is -2.07. The van der Waals surface area contributed by atoms with Crippen molar-refractivity contribution in [2.45, 2.75) is 11.4 Å². The van der Waals surface area contributed by atoms with Crippen molar-refractivity contribution in [1.29, 1.82) is 0 Å². The second-order valence-electron chi connectivity index (χ2n) is 3.94. The monoisotopic (exact) mass is 276 g/mol. The first-order valence-corrected chi connectivity index (χ1v) is 7.13. The van der Waals surface area contributed by atoms with E-state index in [0.717, 1.165) is 10.6 Å². The number of carbonyl (C=O) groups is 1. The number of aromatic nitrogens is 2. The molecule has 5 nitrogen and oxygen atoms in total. The van der Waals surface area contributed by atoms with E-state index in [1.807, 2.05) is 30.5 Å². The van der Waals surface area contributed by atoms with Gasteiger partial charge in [0.2, 0.25) is 0 Å². The van der Waals surface area contributed by atoms with Crippen LogP contribution >= 0.6 is 11.8 Å². The number of anilines is 1. The second-order valence-corrected chi connectivity index (χ2v) is 4.79. The van der Waals surface area contributed by atoms with Gasteiger partial charge in [-0.15, -0.1) is 11.8 Å². The summed E-state index contributed by atoms with van der Waals surface area (Å²) < 4.78 is 1.80. The zero-order valence-corrected chi connectivity index (χ0v) is 11.5. The molecule has 1 heterocycles. The third-order valence-electron chi connectivity index (χ3n) is 2.61. The Hall–Kier alpha value is -1.79. The molecule has 0 saturated heterocycles. The number of benzene rings is 1. The first kappa shape index (κ1) is 13.6. The summed E-state index contributed by atoms with van der Waals surface area (Å²) in [7, 11) is 0. The number of amides is 1. The molecule has 0 fully saturated rings. The van der Waals surface area contributed by atoms with Gasteiger partial charge in [-0.2, -0.15) is 0 Å². The number of hydrogen-bond donors (Lipinski definition) is 2. The lowest BCUT2D eigenvalue weighted by Crippen LogP contribution is -2.13. The predicted molar refractivity (Wildman–Crippen MR) is 77.5 cm³/mol. The van der Waals surface area contributed by atoms with Crippen LogP contribution in [0.15, 0.2) is 41.7 Å². The summed E-state index contributed by atoms with van der Waals surface area (Å²) in [6.07, 6.45) is 5.28. The second kappa shape index (κ2) is 6.40. The van der Waals surface area contributed by atoms with Crippen molar-refractivity contribution in [3.8, 4) is 0 Å².